The molecule has 0 aliphatic carbocycles. The number of aryl methyl sites for hydroxylation is 2. The van der Waals surface area contributed by atoms with Crippen LogP contribution in [0.2, 0.25) is 0 Å². The summed E-state index contributed by atoms with van der Waals surface area (Å²) in [5.74, 6) is 1.01. The van der Waals surface area contributed by atoms with Crippen molar-refractivity contribution in [2.75, 3.05) is 39.9 Å². The van der Waals surface area contributed by atoms with Gasteiger partial charge in [0.05, 0.1) is 18.8 Å². The maximum Gasteiger partial charge on any atom is 0.193 e. The maximum atomic E-state index is 6.13. The number of benzene rings is 1. The number of nitrogens with one attached hydrogen (secondary N) is 1. The highest BCUT2D eigenvalue weighted by Gasteiger charge is 2.23. The average Bonchev–Trinajstić information content (AvgIpc) is 2.72. The molecule has 2 aliphatic rings. The van der Waals surface area contributed by atoms with Gasteiger partial charge in [-0.1, -0.05) is 23.8 Å². The first-order valence-corrected chi connectivity index (χ1v) is 10.9. The number of aliphatic imine (C=N–C) groups is 1. The molecule has 2 fully saturated rings. The van der Waals surface area contributed by atoms with E-state index in [1.165, 1.54) is 29.5 Å². The van der Waals surface area contributed by atoms with Crippen LogP contribution in [0.15, 0.2) is 23.2 Å². The fraction of sp³-hybridized carbons (Fsp3) is 0.696. The van der Waals surface area contributed by atoms with E-state index in [9.17, 15) is 0 Å². The number of ether oxygens (including phenoxy) is 2. The predicted molar refractivity (Wildman–Crippen MR) is 115 cm³/mol. The molecule has 1 aromatic rings. The van der Waals surface area contributed by atoms with Gasteiger partial charge in [0.15, 0.2) is 5.96 Å². The fourth-order valence-electron chi connectivity index (χ4n) is 4.18. The van der Waals surface area contributed by atoms with Crippen LogP contribution in [0.25, 0.3) is 0 Å². The zero-order valence-electron chi connectivity index (χ0n) is 17.9. The first-order chi connectivity index (χ1) is 13.7. The highest BCUT2D eigenvalue weighted by atomic mass is 16.5. The summed E-state index contributed by atoms with van der Waals surface area (Å²) in [4.78, 5) is 6.85. The third-order valence-electron chi connectivity index (χ3n) is 5.92. The lowest BCUT2D eigenvalue weighted by molar-refractivity contribution is -0.0721. The third kappa shape index (κ3) is 6.21. The van der Waals surface area contributed by atoms with Crippen molar-refractivity contribution >= 4 is 5.96 Å². The molecule has 0 amide bonds. The lowest BCUT2D eigenvalue weighted by Crippen LogP contribution is -2.47. The van der Waals surface area contributed by atoms with Gasteiger partial charge in [0.25, 0.3) is 0 Å². The summed E-state index contributed by atoms with van der Waals surface area (Å²) in [7, 11) is 1.88. The van der Waals surface area contributed by atoms with Crippen molar-refractivity contribution < 1.29 is 9.47 Å². The van der Waals surface area contributed by atoms with Crippen LogP contribution in [0.3, 0.4) is 0 Å². The van der Waals surface area contributed by atoms with Crippen molar-refractivity contribution in [2.24, 2.45) is 4.99 Å². The second kappa shape index (κ2) is 10.8. The van der Waals surface area contributed by atoms with Gasteiger partial charge in [-0.2, -0.15) is 0 Å². The van der Waals surface area contributed by atoms with E-state index >= 15 is 0 Å². The Morgan fingerprint density at radius 3 is 2.71 bits per heavy atom. The maximum absolute atomic E-state index is 6.13. The molecule has 0 spiro atoms. The Balaban J connectivity index is 1.37. The minimum Gasteiger partial charge on any atom is -0.376 e. The van der Waals surface area contributed by atoms with Gasteiger partial charge < -0.3 is 19.7 Å². The molecule has 3 rings (SSSR count). The van der Waals surface area contributed by atoms with Crippen LogP contribution in [0.5, 0.6) is 0 Å². The van der Waals surface area contributed by atoms with Gasteiger partial charge in [-0.3, -0.25) is 4.99 Å². The summed E-state index contributed by atoms with van der Waals surface area (Å²) < 4.78 is 11.9. The van der Waals surface area contributed by atoms with Gasteiger partial charge in [-0.25, -0.2) is 0 Å². The summed E-state index contributed by atoms with van der Waals surface area (Å²) in [6.45, 7) is 8.90. The van der Waals surface area contributed by atoms with Crippen molar-refractivity contribution in [3.8, 4) is 0 Å². The molecule has 2 aliphatic heterocycles. The smallest absolute Gasteiger partial charge is 0.193 e. The Morgan fingerprint density at radius 1 is 1.21 bits per heavy atom. The highest BCUT2D eigenvalue weighted by Crippen LogP contribution is 2.18. The molecule has 0 radical (unpaired) electrons. The van der Waals surface area contributed by atoms with Gasteiger partial charge in [-0.15, -0.1) is 0 Å². The summed E-state index contributed by atoms with van der Waals surface area (Å²) in [5, 5.41) is 3.54. The molecule has 1 aromatic carbocycles. The molecular formula is C23H37N3O2. The Bertz CT molecular complexity index is 633. The molecule has 5 heteroatoms. The highest BCUT2D eigenvalue weighted by molar-refractivity contribution is 5.80. The molecule has 1 atom stereocenters. The van der Waals surface area contributed by atoms with Gasteiger partial charge >= 0.3 is 0 Å². The molecule has 2 saturated heterocycles. The van der Waals surface area contributed by atoms with Crippen molar-refractivity contribution in [1.82, 2.24) is 10.2 Å². The van der Waals surface area contributed by atoms with Crippen LogP contribution >= 0.6 is 0 Å². The van der Waals surface area contributed by atoms with Crippen LogP contribution in [0.4, 0.5) is 0 Å². The Morgan fingerprint density at radius 2 is 2.04 bits per heavy atom. The lowest BCUT2D eigenvalue weighted by atomic mass is 10.0. The zero-order valence-corrected chi connectivity index (χ0v) is 17.9. The van der Waals surface area contributed by atoms with E-state index in [0.29, 0.717) is 12.2 Å². The molecule has 1 N–H and O–H groups in total. The Hall–Kier alpha value is -1.59. The number of hydrogen-bond donors (Lipinski definition) is 1. The number of hydrogen-bond acceptors (Lipinski definition) is 3. The fourth-order valence-corrected chi connectivity index (χ4v) is 4.18. The number of guanidine groups is 1. The number of piperidine rings is 1. The Kier molecular flexibility index (Phi) is 8.16. The normalized spacial score (nSPS) is 21.8. The molecule has 5 nitrogen and oxygen atoms in total. The van der Waals surface area contributed by atoms with E-state index in [1.54, 1.807) is 0 Å². The van der Waals surface area contributed by atoms with Gasteiger partial charge in [0, 0.05) is 33.3 Å². The zero-order chi connectivity index (χ0) is 19.8. The first kappa shape index (κ1) is 21.1. The van der Waals surface area contributed by atoms with E-state index in [4.69, 9.17) is 9.47 Å². The molecule has 156 valence electrons. The topological polar surface area (TPSA) is 46.1 Å². The quantitative estimate of drug-likeness (QED) is 0.600. The molecule has 0 bridgehead atoms. The molecular weight excluding hydrogens is 350 g/mol. The summed E-state index contributed by atoms with van der Waals surface area (Å²) in [6, 6.07) is 6.70. The van der Waals surface area contributed by atoms with E-state index < -0.39 is 0 Å². The minimum atomic E-state index is 0.312. The van der Waals surface area contributed by atoms with Crippen molar-refractivity contribution in [3.05, 3.63) is 34.9 Å². The van der Waals surface area contributed by atoms with E-state index in [-0.39, 0.29) is 0 Å². The summed E-state index contributed by atoms with van der Waals surface area (Å²) in [5.41, 5.74) is 4.10. The second-order valence-electron chi connectivity index (χ2n) is 8.16. The van der Waals surface area contributed by atoms with Gasteiger partial charge in [-0.05, 0) is 63.5 Å². The van der Waals surface area contributed by atoms with E-state index in [2.05, 4.69) is 47.3 Å². The molecule has 28 heavy (non-hydrogen) atoms. The lowest BCUT2D eigenvalue weighted by Gasteiger charge is -2.35. The van der Waals surface area contributed by atoms with E-state index in [1.807, 2.05) is 7.05 Å². The summed E-state index contributed by atoms with van der Waals surface area (Å²) >= 11 is 0. The number of rotatable bonds is 6. The van der Waals surface area contributed by atoms with Crippen LogP contribution in [-0.4, -0.2) is 63.0 Å². The SMILES string of the molecule is CN=C(NCCc1ccc(C)cc1C)N1CCC(OCC2CCCCO2)CC1. The first-order valence-electron chi connectivity index (χ1n) is 10.9. The largest absolute Gasteiger partial charge is 0.376 e. The minimum absolute atomic E-state index is 0.312. The van der Waals surface area contributed by atoms with Crippen LogP contribution < -0.4 is 5.32 Å². The van der Waals surface area contributed by atoms with Crippen LogP contribution in [-0.2, 0) is 15.9 Å². The summed E-state index contributed by atoms with van der Waals surface area (Å²) in [6.07, 6.45) is 7.43. The molecule has 1 unspecified atom stereocenters. The van der Waals surface area contributed by atoms with Gasteiger partial charge in [0.2, 0.25) is 0 Å². The molecule has 0 saturated carbocycles. The third-order valence-corrected chi connectivity index (χ3v) is 5.92. The average molecular weight is 388 g/mol. The Labute approximate surface area is 170 Å². The monoisotopic (exact) mass is 387 g/mol. The van der Waals surface area contributed by atoms with Crippen molar-refractivity contribution in [1.29, 1.82) is 0 Å². The number of likely N-dealkylation sites (tertiary alicyclic amines) is 1. The van der Waals surface area contributed by atoms with E-state index in [0.717, 1.165) is 64.5 Å². The molecule has 0 aromatic heterocycles. The number of nitrogens with zero attached hydrogens (tertiary/aromatic N) is 2. The predicted octanol–water partition coefficient (Wildman–Crippen LogP) is 3.47. The van der Waals surface area contributed by atoms with Crippen LogP contribution in [0.1, 0.15) is 48.8 Å². The molecule has 2 heterocycles. The van der Waals surface area contributed by atoms with Crippen molar-refractivity contribution in [3.63, 3.8) is 0 Å². The van der Waals surface area contributed by atoms with Crippen molar-refractivity contribution in [2.45, 2.75) is 64.6 Å². The standard InChI is InChI=1S/C23H37N3O2/c1-18-7-8-20(19(2)16-18)9-12-25-23(24-3)26-13-10-21(11-14-26)28-17-22-6-4-5-15-27-22/h7-8,16,21-22H,4-6,9-15,17H2,1-3H3,(H,24,25). The van der Waals surface area contributed by atoms with Crippen LogP contribution in [0, 0.1) is 13.8 Å². The van der Waals surface area contributed by atoms with Gasteiger partial charge in [0.1, 0.15) is 0 Å². The second-order valence-corrected chi connectivity index (χ2v) is 8.16.